The molecule has 6 heteroatoms. The van der Waals surface area contributed by atoms with Gasteiger partial charge in [0.05, 0.1) is 18.9 Å². The van der Waals surface area contributed by atoms with Crippen LogP contribution in [-0.4, -0.2) is 47.9 Å². The molecule has 1 saturated heterocycles. The molecule has 2 heterocycles. The van der Waals surface area contributed by atoms with E-state index in [1.54, 1.807) is 0 Å². The van der Waals surface area contributed by atoms with Crippen molar-refractivity contribution in [3.8, 4) is 0 Å². The Balaban J connectivity index is 1.68. The molecule has 0 unspecified atom stereocenters. The first kappa shape index (κ1) is 17.1. The van der Waals surface area contributed by atoms with Crippen molar-refractivity contribution in [1.29, 1.82) is 0 Å². The summed E-state index contributed by atoms with van der Waals surface area (Å²) in [6, 6.07) is 7.04. The third-order valence-electron chi connectivity index (χ3n) is 4.66. The van der Waals surface area contributed by atoms with Crippen molar-refractivity contribution < 1.29 is 9.13 Å². The fourth-order valence-electron chi connectivity index (χ4n) is 3.20. The maximum atomic E-state index is 13.3. The highest BCUT2D eigenvalue weighted by Crippen LogP contribution is 2.22. The van der Waals surface area contributed by atoms with Crippen LogP contribution in [0, 0.1) is 19.7 Å². The van der Waals surface area contributed by atoms with Crippen LogP contribution in [0.3, 0.4) is 0 Å². The Hall–Kier alpha value is -1.76. The zero-order chi connectivity index (χ0) is 16.9. The van der Waals surface area contributed by atoms with Crippen LogP contribution in [0.5, 0.6) is 0 Å². The van der Waals surface area contributed by atoms with E-state index in [0.29, 0.717) is 0 Å². The van der Waals surface area contributed by atoms with E-state index in [0.717, 1.165) is 56.3 Å². The third-order valence-corrected chi connectivity index (χ3v) is 4.66. The number of nitrogens with zero attached hydrogens (tertiary/aromatic N) is 2. The molecule has 1 aliphatic heterocycles. The van der Waals surface area contributed by atoms with Crippen LogP contribution in [0.15, 0.2) is 24.3 Å². The van der Waals surface area contributed by atoms with Crippen molar-refractivity contribution in [2.45, 2.75) is 26.4 Å². The van der Waals surface area contributed by atoms with E-state index < -0.39 is 0 Å². The molecule has 1 fully saturated rings. The first-order chi connectivity index (χ1) is 11.6. The first-order valence-corrected chi connectivity index (χ1v) is 8.43. The second-order valence-electron chi connectivity index (χ2n) is 6.26. The number of aromatic amines is 1. The number of hydrogen-bond acceptors (Lipinski definition) is 4. The van der Waals surface area contributed by atoms with E-state index in [2.05, 4.69) is 20.4 Å². The van der Waals surface area contributed by atoms with Crippen LogP contribution >= 0.6 is 0 Å². The molecule has 1 atom stereocenters. The summed E-state index contributed by atoms with van der Waals surface area (Å²) in [4.78, 5) is 2.40. The Morgan fingerprint density at radius 1 is 1.25 bits per heavy atom. The molecule has 1 aliphatic rings. The van der Waals surface area contributed by atoms with Gasteiger partial charge in [-0.2, -0.15) is 5.10 Å². The smallest absolute Gasteiger partial charge is 0.123 e. The number of halogens is 1. The highest BCUT2D eigenvalue weighted by Gasteiger charge is 2.22. The number of aromatic nitrogens is 2. The summed E-state index contributed by atoms with van der Waals surface area (Å²) in [7, 11) is 0. The number of benzene rings is 1. The van der Waals surface area contributed by atoms with Gasteiger partial charge in [0.2, 0.25) is 0 Å². The van der Waals surface area contributed by atoms with Crippen LogP contribution in [0.1, 0.15) is 28.6 Å². The van der Waals surface area contributed by atoms with Gasteiger partial charge in [-0.1, -0.05) is 12.1 Å². The van der Waals surface area contributed by atoms with Gasteiger partial charge in [0.15, 0.2) is 0 Å². The molecule has 0 saturated carbocycles. The fourth-order valence-corrected chi connectivity index (χ4v) is 3.20. The Morgan fingerprint density at radius 2 is 1.96 bits per heavy atom. The normalized spacial score (nSPS) is 17.1. The average molecular weight is 332 g/mol. The summed E-state index contributed by atoms with van der Waals surface area (Å²) in [5, 5.41) is 10.8. The Morgan fingerprint density at radius 3 is 2.58 bits per heavy atom. The van der Waals surface area contributed by atoms with E-state index in [1.165, 1.54) is 17.7 Å². The van der Waals surface area contributed by atoms with Gasteiger partial charge in [-0.05, 0) is 31.5 Å². The second-order valence-corrected chi connectivity index (χ2v) is 6.26. The van der Waals surface area contributed by atoms with Gasteiger partial charge in [0.25, 0.3) is 0 Å². The highest BCUT2D eigenvalue weighted by molar-refractivity contribution is 5.23. The predicted molar refractivity (Wildman–Crippen MR) is 91.3 cm³/mol. The van der Waals surface area contributed by atoms with Gasteiger partial charge in [-0.3, -0.25) is 10.00 Å². The fraction of sp³-hybridized carbons (Fsp3) is 0.500. The molecule has 1 aromatic carbocycles. The molecule has 0 bridgehead atoms. The van der Waals surface area contributed by atoms with Crippen LogP contribution in [-0.2, 0) is 11.3 Å². The molecule has 0 spiro atoms. The van der Waals surface area contributed by atoms with E-state index in [9.17, 15) is 4.39 Å². The van der Waals surface area contributed by atoms with Crippen LogP contribution in [0.2, 0.25) is 0 Å². The monoisotopic (exact) mass is 332 g/mol. The van der Waals surface area contributed by atoms with Gasteiger partial charge in [0.1, 0.15) is 5.82 Å². The number of nitrogens with one attached hydrogen (secondary N) is 2. The molecular formula is C18H25FN4O. The summed E-state index contributed by atoms with van der Waals surface area (Å²) in [5.41, 5.74) is 4.48. The number of aryl methyl sites for hydroxylation is 2. The number of hydrogen-bond donors (Lipinski definition) is 2. The summed E-state index contributed by atoms with van der Waals surface area (Å²) in [6.07, 6.45) is 0. The van der Waals surface area contributed by atoms with Crippen molar-refractivity contribution >= 4 is 0 Å². The van der Waals surface area contributed by atoms with Gasteiger partial charge in [0, 0.05) is 43.5 Å². The summed E-state index contributed by atoms with van der Waals surface area (Å²) < 4.78 is 18.7. The molecule has 2 aromatic rings. The summed E-state index contributed by atoms with van der Waals surface area (Å²) in [5.74, 6) is -0.197. The zero-order valence-electron chi connectivity index (χ0n) is 14.3. The molecule has 24 heavy (non-hydrogen) atoms. The van der Waals surface area contributed by atoms with E-state index >= 15 is 0 Å². The number of H-pyrrole nitrogens is 1. The predicted octanol–water partition coefficient (Wildman–Crippen LogP) is 2.33. The number of rotatable bonds is 6. The van der Waals surface area contributed by atoms with Crippen LogP contribution in [0.25, 0.3) is 0 Å². The van der Waals surface area contributed by atoms with Crippen molar-refractivity contribution in [2.24, 2.45) is 0 Å². The Kier molecular flexibility index (Phi) is 5.60. The molecule has 1 aromatic heterocycles. The molecule has 130 valence electrons. The standard InChI is InChI=1S/C18H25FN4O/c1-13-17(14(2)22-21-13)11-20-12-18(23-7-9-24-10-8-23)15-3-5-16(19)6-4-15/h3-6,18,20H,7-12H2,1-2H3,(H,21,22)/t18-/m1/s1. The first-order valence-electron chi connectivity index (χ1n) is 8.43. The lowest BCUT2D eigenvalue weighted by atomic mass is 10.0. The van der Waals surface area contributed by atoms with Crippen LogP contribution in [0.4, 0.5) is 4.39 Å². The lowest BCUT2D eigenvalue weighted by Crippen LogP contribution is -2.42. The number of morpholine rings is 1. The Bertz CT molecular complexity index is 630. The largest absolute Gasteiger partial charge is 0.379 e. The summed E-state index contributed by atoms with van der Waals surface area (Å²) in [6.45, 7) is 8.92. The molecule has 0 radical (unpaired) electrons. The molecule has 5 nitrogen and oxygen atoms in total. The third kappa shape index (κ3) is 4.01. The van der Waals surface area contributed by atoms with E-state index in [4.69, 9.17) is 4.74 Å². The lowest BCUT2D eigenvalue weighted by Gasteiger charge is -2.35. The van der Waals surface area contributed by atoms with Gasteiger partial charge < -0.3 is 10.1 Å². The van der Waals surface area contributed by atoms with Gasteiger partial charge in [-0.15, -0.1) is 0 Å². The quantitative estimate of drug-likeness (QED) is 0.852. The minimum absolute atomic E-state index is 0.197. The summed E-state index contributed by atoms with van der Waals surface area (Å²) >= 11 is 0. The number of ether oxygens (including phenoxy) is 1. The van der Waals surface area contributed by atoms with Crippen molar-refractivity contribution in [2.75, 3.05) is 32.8 Å². The topological polar surface area (TPSA) is 53.2 Å². The average Bonchev–Trinajstić information content (AvgIpc) is 2.92. The highest BCUT2D eigenvalue weighted by atomic mass is 19.1. The molecular weight excluding hydrogens is 307 g/mol. The maximum absolute atomic E-state index is 13.3. The zero-order valence-corrected chi connectivity index (χ0v) is 14.3. The minimum atomic E-state index is -0.197. The van der Waals surface area contributed by atoms with E-state index in [-0.39, 0.29) is 11.9 Å². The molecule has 0 aliphatic carbocycles. The Labute approximate surface area is 142 Å². The SMILES string of the molecule is Cc1n[nH]c(C)c1CNC[C@H](c1ccc(F)cc1)N1CCOCC1. The van der Waals surface area contributed by atoms with Crippen LogP contribution < -0.4 is 5.32 Å². The minimum Gasteiger partial charge on any atom is -0.379 e. The van der Waals surface area contributed by atoms with E-state index in [1.807, 2.05) is 26.0 Å². The molecule has 2 N–H and O–H groups in total. The van der Waals surface area contributed by atoms with Crippen molar-refractivity contribution in [1.82, 2.24) is 20.4 Å². The van der Waals surface area contributed by atoms with Gasteiger partial charge >= 0.3 is 0 Å². The molecule has 3 rings (SSSR count). The van der Waals surface area contributed by atoms with Gasteiger partial charge in [-0.25, -0.2) is 4.39 Å². The second kappa shape index (κ2) is 7.88. The lowest BCUT2D eigenvalue weighted by molar-refractivity contribution is 0.0161. The maximum Gasteiger partial charge on any atom is 0.123 e. The van der Waals surface area contributed by atoms with Crippen molar-refractivity contribution in [3.63, 3.8) is 0 Å². The molecule has 0 amide bonds. The van der Waals surface area contributed by atoms with Crippen molar-refractivity contribution in [3.05, 3.63) is 52.6 Å².